The molecule has 6 nitrogen and oxygen atoms in total. The zero-order chi connectivity index (χ0) is 21.8. The minimum Gasteiger partial charge on any atom is -0.450 e. The van der Waals surface area contributed by atoms with Gasteiger partial charge in [0.1, 0.15) is 0 Å². The van der Waals surface area contributed by atoms with E-state index in [4.69, 9.17) is 4.74 Å². The molecule has 0 radical (unpaired) electrons. The van der Waals surface area contributed by atoms with E-state index >= 15 is 0 Å². The predicted octanol–water partition coefficient (Wildman–Crippen LogP) is 5.53. The van der Waals surface area contributed by atoms with Gasteiger partial charge in [0.25, 0.3) is 0 Å². The summed E-state index contributed by atoms with van der Waals surface area (Å²) in [5.41, 5.74) is 9.27. The van der Waals surface area contributed by atoms with E-state index in [1.54, 1.807) is 19.9 Å². The van der Waals surface area contributed by atoms with E-state index < -0.39 is 6.09 Å². The molecule has 6 heteroatoms. The van der Waals surface area contributed by atoms with Crippen LogP contribution < -0.4 is 15.8 Å². The highest BCUT2D eigenvalue weighted by molar-refractivity contribution is 6.00. The van der Waals surface area contributed by atoms with Crippen LogP contribution in [0.15, 0.2) is 36.4 Å². The molecule has 0 spiro atoms. The molecule has 1 fully saturated rings. The lowest BCUT2D eigenvalue weighted by molar-refractivity contribution is 0.101. The van der Waals surface area contributed by atoms with Gasteiger partial charge in [0.05, 0.1) is 18.0 Å². The van der Waals surface area contributed by atoms with Crippen molar-refractivity contribution in [3.8, 4) is 0 Å². The van der Waals surface area contributed by atoms with E-state index in [0.29, 0.717) is 23.9 Å². The van der Waals surface area contributed by atoms with Gasteiger partial charge in [0.2, 0.25) is 0 Å². The molecule has 1 aliphatic heterocycles. The van der Waals surface area contributed by atoms with Gasteiger partial charge in [-0.25, -0.2) is 10.2 Å². The average molecular weight is 422 g/mol. The number of amides is 1. The molecule has 1 saturated carbocycles. The Morgan fingerprint density at radius 2 is 1.84 bits per heavy atom. The highest BCUT2D eigenvalue weighted by Crippen LogP contribution is 2.39. The number of para-hydroxylation sites is 1. The highest BCUT2D eigenvalue weighted by atomic mass is 16.5. The topological polar surface area (TPSA) is 70.7 Å². The van der Waals surface area contributed by atoms with Gasteiger partial charge in [0, 0.05) is 17.3 Å². The largest absolute Gasteiger partial charge is 0.450 e. The molecule has 0 unspecified atom stereocenters. The van der Waals surface area contributed by atoms with Crippen LogP contribution in [0.1, 0.15) is 67.4 Å². The third-order valence-corrected chi connectivity index (χ3v) is 6.16. The van der Waals surface area contributed by atoms with E-state index in [9.17, 15) is 9.59 Å². The van der Waals surface area contributed by atoms with Gasteiger partial charge < -0.3 is 4.74 Å². The van der Waals surface area contributed by atoms with Crippen LogP contribution in [0.3, 0.4) is 0 Å². The van der Waals surface area contributed by atoms with Crippen molar-refractivity contribution >= 4 is 28.9 Å². The summed E-state index contributed by atoms with van der Waals surface area (Å²) in [6, 6.07) is 12.5. The fourth-order valence-corrected chi connectivity index (χ4v) is 4.67. The number of benzene rings is 2. The number of nitrogens with zero attached hydrogens (tertiary/aromatic N) is 1. The SMILES string of the molecule is CCOC(=O)Nc1cc(C(C)=O)c2c(c1)N(NC1CCCCC1)c1ccccc1CC2. The monoisotopic (exact) mass is 421 g/mol. The molecular formula is C25H31N3O3. The number of carbonyl (C=O) groups is 2. The number of hydrazine groups is 1. The first-order chi connectivity index (χ1) is 15.1. The number of hydrogen-bond acceptors (Lipinski definition) is 5. The molecule has 4 rings (SSSR count). The third kappa shape index (κ3) is 4.74. The first-order valence-electron chi connectivity index (χ1n) is 11.3. The van der Waals surface area contributed by atoms with Gasteiger partial charge in [0.15, 0.2) is 5.78 Å². The van der Waals surface area contributed by atoms with E-state index in [2.05, 4.69) is 34.0 Å². The minimum absolute atomic E-state index is 0.00710. The lowest BCUT2D eigenvalue weighted by atomic mass is 9.95. The van der Waals surface area contributed by atoms with Gasteiger partial charge in [-0.05, 0) is 68.9 Å². The third-order valence-electron chi connectivity index (χ3n) is 6.16. The Bertz CT molecular complexity index is 966. The molecule has 31 heavy (non-hydrogen) atoms. The van der Waals surface area contributed by atoms with Crippen molar-refractivity contribution in [3.05, 3.63) is 53.1 Å². The fourth-order valence-electron chi connectivity index (χ4n) is 4.67. The van der Waals surface area contributed by atoms with Gasteiger partial charge in [-0.15, -0.1) is 0 Å². The summed E-state index contributed by atoms with van der Waals surface area (Å²) in [6.07, 6.45) is 7.11. The molecule has 1 amide bonds. The Kier molecular flexibility index (Phi) is 6.56. The maximum atomic E-state index is 12.6. The van der Waals surface area contributed by atoms with E-state index in [0.717, 1.165) is 42.6 Å². The van der Waals surface area contributed by atoms with Crippen LogP contribution in [0.25, 0.3) is 0 Å². The molecule has 164 valence electrons. The number of ketones is 1. The quantitative estimate of drug-likeness (QED) is 0.621. The number of Topliss-reactive ketones (excluding diaryl/α,β-unsaturated/α-hetero) is 1. The van der Waals surface area contributed by atoms with Crippen molar-refractivity contribution < 1.29 is 14.3 Å². The normalized spacial score (nSPS) is 16.1. The van der Waals surface area contributed by atoms with Crippen molar-refractivity contribution in [1.29, 1.82) is 0 Å². The van der Waals surface area contributed by atoms with Crippen LogP contribution in [0.4, 0.5) is 21.9 Å². The van der Waals surface area contributed by atoms with Crippen molar-refractivity contribution in [2.24, 2.45) is 0 Å². The number of hydrogen-bond donors (Lipinski definition) is 2. The molecule has 0 saturated heterocycles. The Morgan fingerprint density at radius 1 is 1.06 bits per heavy atom. The summed E-state index contributed by atoms with van der Waals surface area (Å²) in [6.45, 7) is 3.64. The smallest absolute Gasteiger partial charge is 0.411 e. The zero-order valence-electron chi connectivity index (χ0n) is 18.4. The molecule has 2 aliphatic rings. The Balaban J connectivity index is 1.81. The lowest BCUT2D eigenvalue weighted by Crippen LogP contribution is -2.43. The first-order valence-corrected chi connectivity index (χ1v) is 11.3. The summed E-state index contributed by atoms with van der Waals surface area (Å²) >= 11 is 0. The summed E-state index contributed by atoms with van der Waals surface area (Å²) < 4.78 is 5.06. The van der Waals surface area contributed by atoms with Crippen molar-refractivity contribution in [2.45, 2.75) is 64.8 Å². The van der Waals surface area contributed by atoms with Crippen molar-refractivity contribution in [2.75, 3.05) is 16.9 Å². The second kappa shape index (κ2) is 9.52. The number of fused-ring (bicyclic) bond motifs is 2. The van der Waals surface area contributed by atoms with Crippen molar-refractivity contribution in [1.82, 2.24) is 5.43 Å². The molecule has 2 aromatic carbocycles. The second-order valence-corrected chi connectivity index (χ2v) is 8.35. The number of ether oxygens (including phenoxy) is 1. The van der Waals surface area contributed by atoms with Crippen LogP contribution in [-0.4, -0.2) is 24.5 Å². The molecule has 0 bridgehead atoms. The number of nitrogens with one attached hydrogen (secondary N) is 2. The van der Waals surface area contributed by atoms with Crippen LogP contribution in [-0.2, 0) is 17.6 Å². The Labute approximate surface area is 183 Å². The van der Waals surface area contributed by atoms with Crippen LogP contribution >= 0.6 is 0 Å². The van der Waals surface area contributed by atoms with E-state index in [1.165, 1.54) is 24.8 Å². The summed E-state index contributed by atoms with van der Waals surface area (Å²) in [5.74, 6) is -0.00710. The number of anilines is 3. The van der Waals surface area contributed by atoms with Crippen LogP contribution in [0.5, 0.6) is 0 Å². The van der Waals surface area contributed by atoms with E-state index in [-0.39, 0.29) is 5.78 Å². The predicted molar refractivity (Wildman–Crippen MR) is 123 cm³/mol. The molecule has 1 heterocycles. The van der Waals surface area contributed by atoms with E-state index in [1.807, 2.05) is 12.1 Å². The van der Waals surface area contributed by atoms with Gasteiger partial charge in [-0.3, -0.25) is 15.1 Å². The molecule has 0 aromatic heterocycles. The van der Waals surface area contributed by atoms with Gasteiger partial charge in [-0.1, -0.05) is 37.5 Å². The summed E-state index contributed by atoms with van der Waals surface area (Å²) in [7, 11) is 0. The first kappa shape index (κ1) is 21.4. The van der Waals surface area contributed by atoms with Crippen LogP contribution in [0, 0.1) is 0 Å². The molecule has 0 atom stereocenters. The molecule has 2 aromatic rings. The van der Waals surface area contributed by atoms with Crippen molar-refractivity contribution in [3.63, 3.8) is 0 Å². The van der Waals surface area contributed by atoms with Crippen LogP contribution in [0.2, 0.25) is 0 Å². The average Bonchev–Trinajstić information content (AvgIpc) is 2.91. The standard InChI is InChI=1S/C25H31N3O3/c1-3-31-25(30)26-20-15-22(17(2)29)21-14-13-18-9-7-8-12-23(18)28(24(21)16-20)27-19-10-5-4-6-11-19/h7-9,12,15-16,19,27H,3-6,10-11,13-14H2,1-2H3,(H,26,30). The Hall–Kier alpha value is -2.86. The zero-order valence-corrected chi connectivity index (χ0v) is 18.4. The maximum Gasteiger partial charge on any atom is 0.411 e. The Morgan fingerprint density at radius 3 is 2.58 bits per heavy atom. The fraction of sp³-hybridized carbons (Fsp3) is 0.440. The molecule has 1 aliphatic carbocycles. The number of aryl methyl sites for hydroxylation is 1. The van der Waals surface area contributed by atoms with Gasteiger partial charge >= 0.3 is 6.09 Å². The lowest BCUT2D eigenvalue weighted by Gasteiger charge is -2.34. The second-order valence-electron chi connectivity index (χ2n) is 8.35. The maximum absolute atomic E-state index is 12.6. The number of carbonyl (C=O) groups excluding carboxylic acids is 2. The molecular weight excluding hydrogens is 390 g/mol. The van der Waals surface area contributed by atoms with Gasteiger partial charge in [-0.2, -0.15) is 0 Å². The number of rotatable bonds is 5. The summed E-state index contributed by atoms with van der Waals surface area (Å²) in [4.78, 5) is 24.7. The highest BCUT2D eigenvalue weighted by Gasteiger charge is 2.27. The summed E-state index contributed by atoms with van der Waals surface area (Å²) in [5, 5.41) is 4.94. The molecule has 2 N–H and O–H groups in total. The minimum atomic E-state index is -0.516.